The van der Waals surface area contributed by atoms with E-state index in [1.807, 2.05) is 0 Å². The molecule has 0 radical (unpaired) electrons. The second-order valence-electron chi connectivity index (χ2n) is 5.99. The maximum absolute atomic E-state index is 14.0. The quantitative estimate of drug-likeness (QED) is 0.860. The van der Waals surface area contributed by atoms with Crippen molar-refractivity contribution in [2.24, 2.45) is 0 Å². The molecule has 116 valence electrons. The Kier molecular flexibility index (Phi) is 3.57. The number of carbonyl (C=O) groups is 2. The lowest BCUT2D eigenvalue weighted by atomic mass is 9.93. The van der Waals surface area contributed by atoms with Gasteiger partial charge in [-0.15, -0.1) is 0 Å². The number of nitrogens with zero attached hydrogens (tertiary/aromatic N) is 2. The van der Waals surface area contributed by atoms with Crippen molar-refractivity contribution < 1.29 is 18.7 Å². The molecule has 1 heterocycles. The summed E-state index contributed by atoms with van der Waals surface area (Å²) in [7, 11) is 1.35. The minimum atomic E-state index is -1.99. The Hall–Kier alpha value is -2.62. The third kappa shape index (κ3) is 2.37. The number of nitrogens with one attached hydrogen (secondary N) is 1. The zero-order chi connectivity index (χ0) is 16.7. The third-order valence-electron chi connectivity index (χ3n) is 3.21. The van der Waals surface area contributed by atoms with E-state index >= 15 is 0 Å². The molecule has 6 nitrogen and oxygen atoms in total. The van der Waals surface area contributed by atoms with Crippen LogP contribution in [0.15, 0.2) is 18.2 Å². The van der Waals surface area contributed by atoms with Gasteiger partial charge in [-0.2, -0.15) is 5.26 Å². The standard InChI is InChI=1S/C15H16FN3O3/c1-14(2,3)22-13(21)18-15(8-17)9-6-5-7-10(16)11(9)19(4)12(15)20/h5-7H,1-4H3,(H,18,21)/t15-/m0/s1. The maximum Gasteiger partial charge on any atom is 0.409 e. The number of alkyl carbamates (subject to hydrolysis) is 1. The van der Waals surface area contributed by atoms with Gasteiger partial charge in [-0.3, -0.25) is 10.1 Å². The number of fused-ring (bicyclic) bond motifs is 1. The van der Waals surface area contributed by atoms with Gasteiger partial charge in [0.15, 0.2) is 0 Å². The molecule has 0 saturated carbocycles. The fraction of sp³-hybridized carbons (Fsp3) is 0.400. The van der Waals surface area contributed by atoms with Gasteiger partial charge in [0, 0.05) is 12.6 Å². The highest BCUT2D eigenvalue weighted by Gasteiger charge is 2.53. The van der Waals surface area contributed by atoms with Gasteiger partial charge in [0.25, 0.3) is 5.91 Å². The lowest BCUT2D eigenvalue weighted by molar-refractivity contribution is -0.122. The van der Waals surface area contributed by atoms with E-state index in [-0.39, 0.29) is 11.3 Å². The van der Waals surface area contributed by atoms with Gasteiger partial charge >= 0.3 is 6.09 Å². The first kappa shape index (κ1) is 15.8. The van der Waals surface area contributed by atoms with E-state index in [0.29, 0.717) is 0 Å². The number of halogens is 1. The average molecular weight is 305 g/mol. The highest BCUT2D eigenvalue weighted by molar-refractivity contribution is 6.10. The summed E-state index contributed by atoms with van der Waals surface area (Å²) in [6, 6.07) is 5.78. The van der Waals surface area contributed by atoms with Crippen LogP contribution in [0.2, 0.25) is 0 Å². The zero-order valence-corrected chi connectivity index (χ0v) is 12.7. The molecule has 1 atom stereocenters. The largest absolute Gasteiger partial charge is 0.444 e. The molecule has 1 aliphatic heterocycles. The lowest BCUT2D eigenvalue weighted by Crippen LogP contribution is -2.52. The van der Waals surface area contributed by atoms with Crippen LogP contribution in [-0.4, -0.2) is 24.6 Å². The van der Waals surface area contributed by atoms with Crippen molar-refractivity contribution in [1.29, 1.82) is 5.26 Å². The normalized spacial score (nSPS) is 20.4. The molecule has 1 aliphatic rings. The van der Waals surface area contributed by atoms with E-state index in [4.69, 9.17) is 4.74 Å². The SMILES string of the molecule is CN1C(=O)[C@@](C#N)(NC(=O)OC(C)(C)C)c2cccc(F)c21. The Morgan fingerprint density at radius 3 is 2.64 bits per heavy atom. The van der Waals surface area contributed by atoms with Crippen molar-refractivity contribution in [3.8, 4) is 6.07 Å². The Morgan fingerprint density at radius 2 is 2.09 bits per heavy atom. The van der Waals surface area contributed by atoms with Gasteiger partial charge in [-0.25, -0.2) is 9.18 Å². The molecule has 2 amide bonds. The molecule has 1 aromatic carbocycles. The number of ether oxygens (including phenoxy) is 1. The van der Waals surface area contributed by atoms with Crippen LogP contribution in [-0.2, 0) is 15.1 Å². The van der Waals surface area contributed by atoms with E-state index in [9.17, 15) is 19.2 Å². The number of rotatable bonds is 1. The van der Waals surface area contributed by atoms with Crippen molar-refractivity contribution in [3.63, 3.8) is 0 Å². The second kappa shape index (κ2) is 4.98. The van der Waals surface area contributed by atoms with Gasteiger partial charge in [-0.1, -0.05) is 12.1 Å². The van der Waals surface area contributed by atoms with Crippen molar-refractivity contribution in [2.45, 2.75) is 31.9 Å². The number of amides is 2. The van der Waals surface area contributed by atoms with E-state index in [0.717, 1.165) is 4.90 Å². The summed E-state index contributed by atoms with van der Waals surface area (Å²) < 4.78 is 19.0. The molecular formula is C15H16FN3O3. The van der Waals surface area contributed by atoms with Gasteiger partial charge in [0.05, 0.1) is 5.69 Å². The number of anilines is 1. The van der Waals surface area contributed by atoms with E-state index in [1.165, 1.54) is 25.2 Å². The van der Waals surface area contributed by atoms with Crippen LogP contribution in [0, 0.1) is 17.1 Å². The van der Waals surface area contributed by atoms with Crippen LogP contribution >= 0.6 is 0 Å². The highest BCUT2D eigenvalue weighted by atomic mass is 19.1. The Balaban J connectivity index is 2.48. The second-order valence-corrected chi connectivity index (χ2v) is 5.99. The fourth-order valence-electron chi connectivity index (χ4n) is 2.34. The molecule has 7 heteroatoms. The molecule has 0 bridgehead atoms. The van der Waals surface area contributed by atoms with E-state index in [2.05, 4.69) is 5.32 Å². The molecule has 0 unspecified atom stereocenters. The summed E-state index contributed by atoms with van der Waals surface area (Å²) in [6.45, 7) is 4.96. The van der Waals surface area contributed by atoms with Crippen LogP contribution in [0.3, 0.4) is 0 Å². The predicted molar refractivity (Wildman–Crippen MR) is 76.5 cm³/mol. The van der Waals surface area contributed by atoms with Crippen molar-refractivity contribution >= 4 is 17.7 Å². The van der Waals surface area contributed by atoms with Crippen molar-refractivity contribution in [2.75, 3.05) is 11.9 Å². The van der Waals surface area contributed by atoms with Gasteiger partial charge < -0.3 is 9.64 Å². The number of likely N-dealkylation sites (N-methyl/N-ethyl adjacent to an activating group) is 1. The van der Waals surface area contributed by atoms with Crippen LogP contribution in [0.1, 0.15) is 26.3 Å². The molecule has 1 aromatic rings. The monoisotopic (exact) mass is 305 g/mol. The van der Waals surface area contributed by atoms with Gasteiger partial charge in [0.2, 0.25) is 5.54 Å². The fourth-order valence-corrected chi connectivity index (χ4v) is 2.34. The first-order valence-electron chi connectivity index (χ1n) is 6.62. The van der Waals surface area contributed by atoms with E-state index < -0.39 is 29.0 Å². The van der Waals surface area contributed by atoms with Crippen LogP contribution in [0.25, 0.3) is 0 Å². The molecule has 0 fully saturated rings. The van der Waals surface area contributed by atoms with Crippen LogP contribution < -0.4 is 10.2 Å². The predicted octanol–water partition coefficient (Wildman–Crippen LogP) is 2.05. The Labute approximate surface area is 127 Å². The Bertz CT molecular complexity index is 690. The molecular weight excluding hydrogens is 289 g/mol. The summed E-state index contributed by atoms with van der Waals surface area (Å²) in [4.78, 5) is 25.4. The molecule has 22 heavy (non-hydrogen) atoms. The maximum atomic E-state index is 14.0. The first-order valence-corrected chi connectivity index (χ1v) is 6.62. The van der Waals surface area contributed by atoms with Gasteiger partial charge in [-0.05, 0) is 26.8 Å². The van der Waals surface area contributed by atoms with E-state index in [1.54, 1.807) is 26.8 Å². The molecule has 0 spiro atoms. The zero-order valence-electron chi connectivity index (χ0n) is 12.7. The van der Waals surface area contributed by atoms with Crippen LogP contribution in [0.4, 0.5) is 14.9 Å². The summed E-state index contributed by atoms with van der Waals surface area (Å²) in [5, 5.41) is 11.8. The number of hydrogen-bond acceptors (Lipinski definition) is 4. The van der Waals surface area contributed by atoms with Gasteiger partial charge in [0.1, 0.15) is 17.5 Å². The molecule has 0 saturated heterocycles. The summed E-state index contributed by atoms with van der Waals surface area (Å²) in [6.07, 6.45) is -0.923. The highest BCUT2D eigenvalue weighted by Crippen LogP contribution is 2.40. The summed E-state index contributed by atoms with van der Waals surface area (Å²) in [5.41, 5.74) is -2.72. The molecule has 2 rings (SSSR count). The third-order valence-corrected chi connectivity index (χ3v) is 3.21. The van der Waals surface area contributed by atoms with Crippen molar-refractivity contribution in [1.82, 2.24) is 5.32 Å². The lowest BCUT2D eigenvalue weighted by Gasteiger charge is -2.25. The number of hydrogen-bond donors (Lipinski definition) is 1. The summed E-state index contributed by atoms with van der Waals surface area (Å²) in [5.74, 6) is -1.38. The smallest absolute Gasteiger partial charge is 0.409 e. The van der Waals surface area contributed by atoms with Crippen LogP contribution in [0.5, 0.6) is 0 Å². The number of nitriles is 1. The first-order chi connectivity index (χ1) is 10.1. The molecule has 0 aromatic heterocycles. The topological polar surface area (TPSA) is 82.4 Å². The molecule has 1 N–H and O–H groups in total. The number of carbonyl (C=O) groups excluding carboxylic acids is 2. The average Bonchev–Trinajstić information content (AvgIpc) is 2.60. The minimum Gasteiger partial charge on any atom is -0.444 e. The number of benzene rings is 1. The Morgan fingerprint density at radius 1 is 1.45 bits per heavy atom. The summed E-state index contributed by atoms with van der Waals surface area (Å²) >= 11 is 0. The number of para-hydroxylation sites is 1. The van der Waals surface area contributed by atoms with Crippen molar-refractivity contribution in [3.05, 3.63) is 29.6 Å². The molecule has 0 aliphatic carbocycles. The minimum absolute atomic E-state index is 0.0230.